The standard InChI is InChI=1S/C9H9NOS/c1-10-8-5-3-2-4-7(8)6-12-9(10)11/h2-5H,6H2,1H3. The summed E-state index contributed by atoms with van der Waals surface area (Å²) < 4.78 is 0. The molecule has 62 valence electrons. The third-order valence-corrected chi connectivity index (χ3v) is 2.95. The molecule has 1 aromatic rings. The van der Waals surface area contributed by atoms with Crippen LogP contribution in [0.3, 0.4) is 0 Å². The molecule has 0 N–H and O–H groups in total. The molecule has 1 aliphatic rings. The van der Waals surface area contributed by atoms with Crippen molar-refractivity contribution in [3.05, 3.63) is 29.8 Å². The molecular formula is C9H9NOS. The third-order valence-electron chi connectivity index (χ3n) is 1.98. The van der Waals surface area contributed by atoms with Crippen LogP contribution in [0.2, 0.25) is 0 Å². The summed E-state index contributed by atoms with van der Waals surface area (Å²) in [6.07, 6.45) is 0. The number of nitrogens with zero attached hydrogens (tertiary/aromatic N) is 1. The predicted octanol–water partition coefficient (Wildman–Crippen LogP) is 2.49. The van der Waals surface area contributed by atoms with Crippen LogP contribution in [0.4, 0.5) is 10.5 Å². The molecule has 1 heterocycles. The molecule has 3 heteroatoms. The van der Waals surface area contributed by atoms with Crippen LogP contribution in [0.15, 0.2) is 24.3 Å². The van der Waals surface area contributed by atoms with Gasteiger partial charge in [0.15, 0.2) is 0 Å². The molecule has 0 aromatic heterocycles. The van der Waals surface area contributed by atoms with Crippen molar-refractivity contribution in [1.82, 2.24) is 0 Å². The SMILES string of the molecule is CN1C(=O)SCc2ccccc21. The van der Waals surface area contributed by atoms with Crippen molar-refractivity contribution in [2.24, 2.45) is 0 Å². The van der Waals surface area contributed by atoms with Crippen molar-refractivity contribution in [2.75, 3.05) is 11.9 Å². The fourth-order valence-electron chi connectivity index (χ4n) is 1.29. The molecular weight excluding hydrogens is 170 g/mol. The van der Waals surface area contributed by atoms with Crippen molar-refractivity contribution < 1.29 is 4.79 Å². The van der Waals surface area contributed by atoms with E-state index in [1.807, 2.05) is 25.2 Å². The van der Waals surface area contributed by atoms with Crippen LogP contribution in [0.1, 0.15) is 5.56 Å². The molecule has 0 unspecified atom stereocenters. The van der Waals surface area contributed by atoms with Gasteiger partial charge in [-0.3, -0.25) is 4.79 Å². The van der Waals surface area contributed by atoms with Gasteiger partial charge in [-0.05, 0) is 11.6 Å². The third kappa shape index (κ3) is 1.10. The van der Waals surface area contributed by atoms with E-state index in [-0.39, 0.29) is 5.24 Å². The van der Waals surface area contributed by atoms with Gasteiger partial charge >= 0.3 is 0 Å². The highest BCUT2D eigenvalue weighted by atomic mass is 32.2. The summed E-state index contributed by atoms with van der Waals surface area (Å²) in [4.78, 5) is 12.9. The van der Waals surface area contributed by atoms with Gasteiger partial charge in [-0.15, -0.1) is 0 Å². The summed E-state index contributed by atoms with van der Waals surface area (Å²) in [6.45, 7) is 0. The van der Waals surface area contributed by atoms with Crippen LogP contribution in [-0.2, 0) is 5.75 Å². The molecule has 0 fully saturated rings. The molecule has 2 nitrogen and oxygen atoms in total. The van der Waals surface area contributed by atoms with Crippen LogP contribution in [0.25, 0.3) is 0 Å². The molecule has 1 aromatic carbocycles. The number of anilines is 1. The Balaban J connectivity index is 2.48. The van der Waals surface area contributed by atoms with Gasteiger partial charge in [0.1, 0.15) is 0 Å². The Bertz CT molecular complexity index is 324. The largest absolute Gasteiger partial charge is 0.306 e. The summed E-state index contributed by atoms with van der Waals surface area (Å²) in [6, 6.07) is 8.00. The van der Waals surface area contributed by atoms with Crippen LogP contribution < -0.4 is 4.90 Å². The minimum absolute atomic E-state index is 0.133. The van der Waals surface area contributed by atoms with E-state index in [4.69, 9.17) is 0 Å². The Morgan fingerprint density at radius 3 is 3.00 bits per heavy atom. The maximum atomic E-state index is 11.2. The number of rotatable bonds is 0. The minimum Gasteiger partial charge on any atom is -0.306 e. The van der Waals surface area contributed by atoms with Crippen molar-refractivity contribution in [1.29, 1.82) is 0 Å². The van der Waals surface area contributed by atoms with Gasteiger partial charge in [0.05, 0.1) is 0 Å². The van der Waals surface area contributed by atoms with Gasteiger partial charge in [0.2, 0.25) is 0 Å². The highest BCUT2D eigenvalue weighted by molar-refractivity contribution is 8.13. The lowest BCUT2D eigenvalue weighted by molar-refractivity contribution is 0.266. The van der Waals surface area contributed by atoms with Gasteiger partial charge in [-0.1, -0.05) is 30.0 Å². The lowest BCUT2D eigenvalue weighted by Crippen LogP contribution is -2.26. The highest BCUT2D eigenvalue weighted by Crippen LogP contribution is 2.31. The Morgan fingerprint density at radius 2 is 2.17 bits per heavy atom. The first kappa shape index (κ1) is 7.68. The number of hydrogen-bond acceptors (Lipinski definition) is 2. The fourth-order valence-corrected chi connectivity index (χ4v) is 2.11. The predicted molar refractivity (Wildman–Crippen MR) is 51.5 cm³/mol. The molecule has 0 saturated heterocycles. The van der Waals surface area contributed by atoms with Crippen LogP contribution >= 0.6 is 11.8 Å². The van der Waals surface area contributed by atoms with Gasteiger partial charge in [0.25, 0.3) is 5.24 Å². The van der Waals surface area contributed by atoms with Gasteiger partial charge in [0, 0.05) is 18.5 Å². The average molecular weight is 179 g/mol. The van der Waals surface area contributed by atoms with E-state index in [2.05, 4.69) is 6.07 Å². The van der Waals surface area contributed by atoms with Crippen molar-refractivity contribution in [3.63, 3.8) is 0 Å². The number of amides is 1. The Labute approximate surface area is 75.6 Å². The fraction of sp³-hybridized carbons (Fsp3) is 0.222. The van der Waals surface area contributed by atoms with Gasteiger partial charge in [-0.2, -0.15) is 0 Å². The second kappa shape index (κ2) is 2.83. The zero-order chi connectivity index (χ0) is 8.55. The molecule has 0 spiro atoms. The molecule has 0 bridgehead atoms. The topological polar surface area (TPSA) is 20.3 Å². The summed E-state index contributed by atoms with van der Waals surface area (Å²) in [5, 5.41) is 0.133. The maximum Gasteiger partial charge on any atom is 0.286 e. The van der Waals surface area contributed by atoms with Gasteiger partial charge in [-0.25, -0.2) is 0 Å². The van der Waals surface area contributed by atoms with Crippen LogP contribution in [-0.4, -0.2) is 12.3 Å². The van der Waals surface area contributed by atoms with Gasteiger partial charge < -0.3 is 4.90 Å². The van der Waals surface area contributed by atoms with E-state index in [1.54, 1.807) is 4.90 Å². The Hall–Kier alpha value is -0.960. The zero-order valence-corrected chi connectivity index (χ0v) is 7.60. The second-order valence-electron chi connectivity index (χ2n) is 2.74. The first-order chi connectivity index (χ1) is 5.79. The number of benzene rings is 1. The summed E-state index contributed by atoms with van der Waals surface area (Å²) in [7, 11) is 1.81. The van der Waals surface area contributed by atoms with Crippen LogP contribution in [0, 0.1) is 0 Å². The minimum atomic E-state index is 0.133. The average Bonchev–Trinajstić information content (AvgIpc) is 2.12. The Kier molecular flexibility index (Phi) is 1.81. The molecule has 0 radical (unpaired) electrons. The lowest BCUT2D eigenvalue weighted by atomic mass is 10.2. The zero-order valence-electron chi connectivity index (χ0n) is 6.78. The normalized spacial score (nSPS) is 16.1. The number of thioether (sulfide) groups is 1. The summed E-state index contributed by atoms with van der Waals surface area (Å²) in [5.41, 5.74) is 2.28. The van der Waals surface area contributed by atoms with E-state index < -0.39 is 0 Å². The number of carbonyl (C=O) groups is 1. The molecule has 12 heavy (non-hydrogen) atoms. The van der Waals surface area contributed by atoms with Crippen molar-refractivity contribution >= 4 is 22.7 Å². The van der Waals surface area contributed by atoms with Crippen molar-refractivity contribution in [2.45, 2.75) is 5.75 Å². The number of hydrogen-bond donors (Lipinski definition) is 0. The smallest absolute Gasteiger partial charge is 0.286 e. The molecule has 0 saturated carbocycles. The lowest BCUT2D eigenvalue weighted by Gasteiger charge is -2.24. The second-order valence-corrected chi connectivity index (χ2v) is 3.67. The summed E-state index contributed by atoms with van der Waals surface area (Å²) in [5.74, 6) is 0.805. The molecule has 0 atom stereocenters. The van der Waals surface area contributed by atoms with E-state index in [1.165, 1.54) is 17.3 Å². The monoisotopic (exact) mass is 179 g/mol. The highest BCUT2D eigenvalue weighted by Gasteiger charge is 2.20. The Morgan fingerprint density at radius 1 is 1.42 bits per heavy atom. The van der Waals surface area contributed by atoms with Crippen molar-refractivity contribution in [3.8, 4) is 0 Å². The van der Waals surface area contributed by atoms with E-state index in [0.29, 0.717) is 0 Å². The summed E-state index contributed by atoms with van der Waals surface area (Å²) >= 11 is 1.36. The quantitative estimate of drug-likeness (QED) is 0.610. The molecule has 1 amide bonds. The first-order valence-electron chi connectivity index (χ1n) is 3.77. The number of carbonyl (C=O) groups excluding carboxylic acids is 1. The first-order valence-corrected chi connectivity index (χ1v) is 4.76. The molecule has 2 rings (SSSR count). The number of para-hydroxylation sites is 1. The van der Waals surface area contributed by atoms with E-state index in [9.17, 15) is 4.79 Å². The maximum absolute atomic E-state index is 11.2. The molecule has 1 aliphatic heterocycles. The van der Waals surface area contributed by atoms with Crippen LogP contribution in [0.5, 0.6) is 0 Å². The molecule has 0 aliphatic carbocycles. The number of fused-ring (bicyclic) bond motifs is 1. The van der Waals surface area contributed by atoms with E-state index >= 15 is 0 Å². The van der Waals surface area contributed by atoms with E-state index in [0.717, 1.165) is 11.4 Å².